The highest BCUT2D eigenvalue weighted by atomic mass is 16.5. The van der Waals surface area contributed by atoms with Crippen molar-refractivity contribution in [2.45, 2.75) is 32.1 Å². The summed E-state index contributed by atoms with van der Waals surface area (Å²) in [6, 6.07) is 0. The van der Waals surface area contributed by atoms with Crippen LogP contribution in [0.3, 0.4) is 0 Å². The number of carbonyl (C=O) groups excluding carboxylic acids is 1. The lowest BCUT2D eigenvalue weighted by Crippen LogP contribution is -2.52. The van der Waals surface area contributed by atoms with Gasteiger partial charge in [0, 0.05) is 26.6 Å². The van der Waals surface area contributed by atoms with Crippen molar-refractivity contribution in [1.29, 1.82) is 0 Å². The van der Waals surface area contributed by atoms with E-state index in [9.17, 15) is 14.7 Å². The summed E-state index contributed by atoms with van der Waals surface area (Å²) in [5.74, 6) is -0.466. The molecule has 2 rings (SSSR count). The molecular weight excluding hydrogens is 258 g/mol. The van der Waals surface area contributed by atoms with E-state index in [4.69, 9.17) is 4.74 Å². The fourth-order valence-corrected chi connectivity index (χ4v) is 3.19. The van der Waals surface area contributed by atoms with Crippen molar-refractivity contribution in [2.24, 2.45) is 11.3 Å². The van der Waals surface area contributed by atoms with Crippen LogP contribution in [0.4, 0.5) is 0 Å². The molecule has 1 N–H and O–H groups in total. The summed E-state index contributed by atoms with van der Waals surface area (Å²) in [6.45, 7) is 1.09. The van der Waals surface area contributed by atoms with Crippen molar-refractivity contribution in [1.82, 2.24) is 4.90 Å². The number of methoxy groups -OCH3 is 1. The summed E-state index contributed by atoms with van der Waals surface area (Å²) in [7, 11) is 1.51. The molecule has 0 aromatic carbocycles. The van der Waals surface area contributed by atoms with Crippen LogP contribution in [-0.4, -0.2) is 48.7 Å². The van der Waals surface area contributed by atoms with Crippen LogP contribution in [0, 0.1) is 11.3 Å². The van der Waals surface area contributed by atoms with E-state index in [1.165, 1.54) is 7.11 Å². The number of carboxylic acids is 1. The Hall–Kier alpha value is -1.36. The van der Waals surface area contributed by atoms with Gasteiger partial charge in [-0.15, -0.1) is 0 Å². The molecule has 0 bridgehead atoms. The van der Waals surface area contributed by atoms with Gasteiger partial charge < -0.3 is 14.7 Å². The van der Waals surface area contributed by atoms with Crippen LogP contribution < -0.4 is 0 Å². The molecule has 1 aliphatic heterocycles. The van der Waals surface area contributed by atoms with Gasteiger partial charge in [0.15, 0.2) is 0 Å². The summed E-state index contributed by atoms with van der Waals surface area (Å²) in [4.78, 5) is 25.6. The van der Waals surface area contributed by atoms with E-state index in [1.807, 2.05) is 0 Å². The molecule has 1 saturated heterocycles. The number of hydrogen-bond acceptors (Lipinski definition) is 3. The number of nitrogens with zero attached hydrogens (tertiary/aromatic N) is 1. The molecule has 1 aliphatic carbocycles. The third-order valence-electron chi connectivity index (χ3n) is 4.35. The largest absolute Gasteiger partial charge is 0.481 e. The predicted octanol–water partition coefficient (Wildman–Crippen LogP) is 1.68. The molecule has 0 radical (unpaired) electrons. The average molecular weight is 281 g/mol. The van der Waals surface area contributed by atoms with Crippen LogP contribution in [0.25, 0.3) is 0 Å². The lowest BCUT2D eigenvalue weighted by molar-refractivity contribution is -0.159. The number of hydrogen-bond donors (Lipinski definition) is 1. The second kappa shape index (κ2) is 6.39. The van der Waals surface area contributed by atoms with Crippen molar-refractivity contribution in [2.75, 3.05) is 26.8 Å². The molecule has 2 aliphatic rings. The summed E-state index contributed by atoms with van der Waals surface area (Å²) >= 11 is 0. The van der Waals surface area contributed by atoms with E-state index >= 15 is 0 Å². The Bertz CT molecular complexity index is 403. The lowest BCUT2D eigenvalue weighted by Gasteiger charge is -2.39. The van der Waals surface area contributed by atoms with E-state index in [0.29, 0.717) is 25.3 Å². The number of carbonyl (C=O) groups is 2. The number of ether oxygens (including phenoxy) is 1. The first-order valence-electron chi connectivity index (χ1n) is 7.24. The maximum absolute atomic E-state index is 12.3. The molecule has 20 heavy (non-hydrogen) atoms. The van der Waals surface area contributed by atoms with Gasteiger partial charge in [-0.3, -0.25) is 9.59 Å². The number of allylic oxidation sites excluding steroid dienone is 2. The van der Waals surface area contributed by atoms with Crippen LogP contribution in [0.5, 0.6) is 0 Å². The SMILES string of the molecule is COCC1(C(=O)O)CCCN(C(=O)CC2C=CCC2)C1. The summed E-state index contributed by atoms with van der Waals surface area (Å²) in [5, 5.41) is 9.47. The van der Waals surface area contributed by atoms with Crippen molar-refractivity contribution in [3.05, 3.63) is 12.2 Å². The molecule has 2 unspecified atom stereocenters. The number of amides is 1. The van der Waals surface area contributed by atoms with Gasteiger partial charge in [0.1, 0.15) is 5.41 Å². The van der Waals surface area contributed by atoms with E-state index in [1.54, 1.807) is 4.90 Å². The average Bonchev–Trinajstić information content (AvgIpc) is 2.92. The van der Waals surface area contributed by atoms with Gasteiger partial charge in [-0.2, -0.15) is 0 Å². The Morgan fingerprint density at radius 3 is 2.90 bits per heavy atom. The highest BCUT2D eigenvalue weighted by Gasteiger charge is 2.43. The number of carboxylic acid groups (broad SMARTS) is 1. The Labute approximate surface area is 119 Å². The third kappa shape index (κ3) is 3.20. The van der Waals surface area contributed by atoms with Gasteiger partial charge in [-0.1, -0.05) is 12.2 Å². The van der Waals surface area contributed by atoms with Gasteiger partial charge in [0.25, 0.3) is 0 Å². The maximum Gasteiger partial charge on any atom is 0.313 e. The Morgan fingerprint density at radius 1 is 1.50 bits per heavy atom. The van der Waals surface area contributed by atoms with Crippen LogP contribution in [-0.2, 0) is 14.3 Å². The molecule has 0 aromatic heterocycles. The van der Waals surface area contributed by atoms with Crippen LogP contribution in [0.2, 0.25) is 0 Å². The molecule has 0 aromatic rings. The zero-order valence-corrected chi connectivity index (χ0v) is 12.0. The smallest absolute Gasteiger partial charge is 0.313 e. The van der Waals surface area contributed by atoms with Gasteiger partial charge in [0.2, 0.25) is 5.91 Å². The lowest BCUT2D eigenvalue weighted by atomic mass is 9.80. The number of piperidine rings is 1. The van der Waals surface area contributed by atoms with Gasteiger partial charge in [-0.05, 0) is 31.6 Å². The van der Waals surface area contributed by atoms with Crippen molar-refractivity contribution in [3.8, 4) is 0 Å². The number of aliphatic carboxylic acids is 1. The van der Waals surface area contributed by atoms with E-state index in [0.717, 1.165) is 19.3 Å². The molecule has 1 amide bonds. The van der Waals surface area contributed by atoms with E-state index in [2.05, 4.69) is 12.2 Å². The van der Waals surface area contributed by atoms with Crippen molar-refractivity contribution in [3.63, 3.8) is 0 Å². The minimum absolute atomic E-state index is 0.0722. The Kier molecular flexibility index (Phi) is 4.81. The second-order valence-electron chi connectivity index (χ2n) is 5.91. The third-order valence-corrected chi connectivity index (χ3v) is 4.35. The quantitative estimate of drug-likeness (QED) is 0.779. The molecule has 2 atom stereocenters. The Morgan fingerprint density at radius 2 is 2.30 bits per heavy atom. The fourth-order valence-electron chi connectivity index (χ4n) is 3.19. The molecule has 5 heteroatoms. The standard InChI is InChI=1S/C15H23NO4/c1-20-11-15(14(18)19)7-4-8-16(10-15)13(17)9-12-5-2-3-6-12/h2,5,12H,3-4,6-11H2,1H3,(H,18,19). The summed E-state index contributed by atoms with van der Waals surface area (Å²) in [5.41, 5.74) is -0.936. The molecule has 5 nitrogen and oxygen atoms in total. The molecular formula is C15H23NO4. The first-order chi connectivity index (χ1) is 9.57. The van der Waals surface area contributed by atoms with Crippen molar-refractivity contribution >= 4 is 11.9 Å². The molecule has 112 valence electrons. The van der Waals surface area contributed by atoms with Crippen LogP contribution in [0.1, 0.15) is 32.1 Å². The van der Waals surface area contributed by atoms with E-state index in [-0.39, 0.29) is 19.1 Å². The van der Waals surface area contributed by atoms with Gasteiger partial charge in [0.05, 0.1) is 6.61 Å². The van der Waals surface area contributed by atoms with Crippen LogP contribution >= 0.6 is 0 Å². The van der Waals surface area contributed by atoms with Crippen molar-refractivity contribution < 1.29 is 19.4 Å². The topological polar surface area (TPSA) is 66.8 Å². The minimum Gasteiger partial charge on any atom is -0.481 e. The zero-order valence-electron chi connectivity index (χ0n) is 12.0. The monoisotopic (exact) mass is 281 g/mol. The molecule has 1 heterocycles. The highest BCUT2D eigenvalue weighted by Crippen LogP contribution is 2.32. The first kappa shape index (κ1) is 15.0. The van der Waals surface area contributed by atoms with Gasteiger partial charge >= 0.3 is 5.97 Å². The fraction of sp³-hybridized carbons (Fsp3) is 0.733. The first-order valence-corrected chi connectivity index (χ1v) is 7.24. The zero-order chi connectivity index (χ0) is 14.6. The summed E-state index contributed by atoms with van der Waals surface area (Å²) < 4.78 is 5.08. The Balaban J connectivity index is 1.99. The molecule has 1 fully saturated rings. The number of likely N-dealkylation sites (tertiary alicyclic amines) is 1. The second-order valence-corrected chi connectivity index (χ2v) is 5.91. The minimum atomic E-state index is -0.936. The predicted molar refractivity (Wildman–Crippen MR) is 74.2 cm³/mol. The summed E-state index contributed by atoms with van der Waals surface area (Å²) in [6.07, 6.45) is 8.08. The molecule has 0 spiro atoms. The van der Waals surface area contributed by atoms with Gasteiger partial charge in [-0.25, -0.2) is 0 Å². The highest BCUT2D eigenvalue weighted by molar-refractivity contribution is 5.80. The van der Waals surface area contributed by atoms with Crippen LogP contribution in [0.15, 0.2) is 12.2 Å². The number of rotatable bonds is 5. The normalized spacial score (nSPS) is 29.6. The molecule has 0 saturated carbocycles. The maximum atomic E-state index is 12.3. The van der Waals surface area contributed by atoms with E-state index < -0.39 is 11.4 Å².